The van der Waals surface area contributed by atoms with Crippen molar-refractivity contribution in [3.63, 3.8) is 0 Å². The highest BCUT2D eigenvalue weighted by molar-refractivity contribution is 5.13. The van der Waals surface area contributed by atoms with Gasteiger partial charge in [-0.15, -0.1) is 0 Å². The molecule has 0 saturated carbocycles. The van der Waals surface area contributed by atoms with Crippen LogP contribution >= 0.6 is 0 Å². The second kappa shape index (κ2) is 6.24. The van der Waals surface area contributed by atoms with Crippen molar-refractivity contribution in [1.82, 2.24) is 10.2 Å². The minimum absolute atomic E-state index is 0.0164. The fourth-order valence-corrected chi connectivity index (χ4v) is 3.54. The lowest BCUT2D eigenvalue weighted by molar-refractivity contribution is -0.100. The van der Waals surface area contributed by atoms with Crippen molar-refractivity contribution in [2.45, 2.75) is 65.3 Å². The molecule has 0 aromatic heterocycles. The lowest BCUT2D eigenvalue weighted by atomic mass is 9.83. The Balaban J connectivity index is 2.26. The summed E-state index contributed by atoms with van der Waals surface area (Å²) in [7, 11) is 3.45. The highest BCUT2D eigenvalue weighted by atomic mass is 16.6. The highest BCUT2D eigenvalue weighted by Gasteiger charge is 2.53. The molecule has 1 N–H and O–H groups in total. The van der Waals surface area contributed by atoms with E-state index in [1.165, 1.54) is 5.57 Å². The summed E-state index contributed by atoms with van der Waals surface area (Å²) in [5, 5.41) is 3.58. The van der Waals surface area contributed by atoms with Crippen LogP contribution in [0.15, 0.2) is 11.8 Å². The minimum Gasteiger partial charge on any atom is -0.382 e. The van der Waals surface area contributed by atoms with Crippen LogP contribution in [0, 0.1) is 5.41 Å². The van der Waals surface area contributed by atoms with Crippen LogP contribution in [0.1, 0.15) is 34.6 Å². The number of ether oxygens (including phenoxy) is 3. The van der Waals surface area contributed by atoms with E-state index in [9.17, 15) is 0 Å². The van der Waals surface area contributed by atoms with E-state index >= 15 is 0 Å². The highest BCUT2D eigenvalue weighted by Crippen LogP contribution is 2.43. The van der Waals surface area contributed by atoms with Gasteiger partial charge in [0.05, 0.1) is 18.9 Å². The maximum absolute atomic E-state index is 6.31. The maximum Gasteiger partial charge on any atom is 0.139 e. The SMILES string of the molecule is COC[C@H]1O[C@@H](N2C=C(C)C(C)NC2C)C(C)(C)C1OC. The van der Waals surface area contributed by atoms with E-state index in [1.54, 1.807) is 14.2 Å². The van der Waals surface area contributed by atoms with Crippen molar-refractivity contribution >= 4 is 0 Å². The second-order valence-electron chi connectivity index (χ2n) is 6.84. The molecule has 1 fully saturated rings. The first-order chi connectivity index (χ1) is 9.82. The van der Waals surface area contributed by atoms with Gasteiger partial charge in [-0.05, 0) is 26.3 Å². The first kappa shape index (κ1) is 16.7. The molecule has 1 saturated heterocycles. The first-order valence-corrected chi connectivity index (χ1v) is 7.72. The van der Waals surface area contributed by atoms with Crippen LogP contribution in [0.25, 0.3) is 0 Å². The molecule has 2 rings (SSSR count). The van der Waals surface area contributed by atoms with E-state index in [4.69, 9.17) is 14.2 Å². The molecule has 122 valence electrons. The smallest absolute Gasteiger partial charge is 0.139 e. The molecule has 5 atom stereocenters. The molecule has 5 nitrogen and oxygen atoms in total. The molecular weight excluding hydrogens is 268 g/mol. The molecule has 0 spiro atoms. The van der Waals surface area contributed by atoms with E-state index in [0.717, 1.165) is 0 Å². The molecule has 21 heavy (non-hydrogen) atoms. The van der Waals surface area contributed by atoms with Crippen LogP contribution in [0.4, 0.5) is 0 Å². The average Bonchev–Trinajstić information content (AvgIpc) is 2.65. The molecule has 0 radical (unpaired) electrons. The van der Waals surface area contributed by atoms with Crippen molar-refractivity contribution < 1.29 is 14.2 Å². The summed E-state index contributed by atoms with van der Waals surface area (Å²) in [6.07, 6.45) is 2.39. The largest absolute Gasteiger partial charge is 0.382 e. The summed E-state index contributed by atoms with van der Waals surface area (Å²) in [6, 6.07) is 0.397. The summed E-state index contributed by atoms with van der Waals surface area (Å²) in [6.45, 7) is 11.5. The van der Waals surface area contributed by atoms with Gasteiger partial charge in [0, 0.05) is 31.9 Å². The number of hydrogen-bond donors (Lipinski definition) is 1. The van der Waals surface area contributed by atoms with Gasteiger partial charge in [0.15, 0.2) is 0 Å². The van der Waals surface area contributed by atoms with Gasteiger partial charge in [0.25, 0.3) is 0 Å². The molecule has 0 bridgehead atoms. The Bertz CT molecular complexity index is 397. The van der Waals surface area contributed by atoms with Gasteiger partial charge >= 0.3 is 0 Å². The van der Waals surface area contributed by atoms with Gasteiger partial charge < -0.3 is 19.1 Å². The Morgan fingerprint density at radius 1 is 1.33 bits per heavy atom. The monoisotopic (exact) mass is 298 g/mol. The lowest BCUT2D eigenvalue weighted by Crippen LogP contribution is -2.56. The van der Waals surface area contributed by atoms with E-state index in [-0.39, 0.29) is 30.0 Å². The summed E-state index contributed by atoms with van der Waals surface area (Å²) in [5.41, 5.74) is 1.20. The second-order valence-corrected chi connectivity index (χ2v) is 6.84. The topological polar surface area (TPSA) is 43.0 Å². The van der Waals surface area contributed by atoms with Crippen molar-refractivity contribution in [3.8, 4) is 0 Å². The molecule has 0 amide bonds. The third-order valence-electron chi connectivity index (χ3n) is 4.84. The molecule has 2 aliphatic rings. The zero-order chi connectivity index (χ0) is 15.8. The molecule has 2 aliphatic heterocycles. The standard InChI is InChI=1S/C16H30N2O3/c1-10-8-18(12(3)17-11(10)2)15-16(4,5)14(20-7)13(21-15)9-19-6/h8,11-15,17H,9H2,1-7H3/t11?,12?,13-,14?,15-/m1/s1. The number of nitrogens with one attached hydrogen (secondary N) is 1. The summed E-state index contributed by atoms with van der Waals surface area (Å²) >= 11 is 0. The number of methoxy groups -OCH3 is 2. The van der Waals surface area contributed by atoms with Crippen molar-refractivity contribution in [1.29, 1.82) is 0 Å². The molecule has 0 aromatic rings. The zero-order valence-electron chi connectivity index (χ0n) is 14.3. The fraction of sp³-hybridized carbons (Fsp3) is 0.875. The Hall–Kier alpha value is -0.620. The number of nitrogens with zero attached hydrogens (tertiary/aromatic N) is 1. The van der Waals surface area contributed by atoms with Crippen molar-refractivity contribution in [2.75, 3.05) is 20.8 Å². The summed E-state index contributed by atoms with van der Waals surface area (Å²) in [5.74, 6) is 0. The summed E-state index contributed by atoms with van der Waals surface area (Å²) in [4.78, 5) is 2.27. The van der Waals surface area contributed by atoms with E-state index in [1.807, 2.05) is 0 Å². The quantitative estimate of drug-likeness (QED) is 0.859. The van der Waals surface area contributed by atoms with Crippen LogP contribution in [0.3, 0.4) is 0 Å². The van der Waals surface area contributed by atoms with Gasteiger partial charge in [-0.1, -0.05) is 13.8 Å². The Kier molecular flexibility index (Phi) is 4.98. The third-order valence-corrected chi connectivity index (χ3v) is 4.84. The molecular formula is C16H30N2O3. The van der Waals surface area contributed by atoms with Crippen molar-refractivity contribution in [2.24, 2.45) is 5.41 Å². The average molecular weight is 298 g/mol. The van der Waals surface area contributed by atoms with Gasteiger partial charge in [0.1, 0.15) is 12.3 Å². The number of hydrogen-bond acceptors (Lipinski definition) is 5. The molecule has 0 aliphatic carbocycles. The zero-order valence-corrected chi connectivity index (χ0v) is 14.3. The van der Waals surface area contributed by atoms with Crippen LogP contribution < -0.4 is 5.32 Å². The lowest BCUT2D eigenvalue weighted by Gasteiger charge is -2.44. The van der Waals surface area contributed by atoms with E-state index in [0.29, 0.717) is 12.6 Å². The minimum atomic E-state index is -0.120. The van der Waals surface area contributed by atoms with E-state index in [2.05, 4.69) is 51.0 Å². The fourth-order valence-electron chi connectivity index (χ4n) is 3.54. The van der Waals surface area contributed by atoms with Gasteiger partial charge in [0.2, 0.25) is 0 Å². The Morgan fingerprint density at radius 3 is 2.57 bits per heavy atom. The van der Waals surface area contributed by atoms with Crippen LogP contribution in [0.5, 0.6) is 0 Å². The molecule has 3 unspecified atom stereocenters. The Morgan fingerprint density at radius 2 is 2.00 bits per heavy atom. The summed E-state index contributed by atoms with van der Waals surface area (Å²) < 4.78 is 17.3. The molecule has 5 heteroatoms. The first-order valence-electron chi connectivity index (χ1n) is 7.72. The van der Waals surface area contributed by atoms with Crippen molar-refractivity contribution in [3.05, 3.63) is 11.8 Å². The van der Waals surface area contributed by atoms with Crippen LogP contribution in [-0.2, 0) is 14.2 Å². The van der Waals surface area contributed by atoms with Gasteiger partial charge in [-0.3, -0.25) is 5.32 Å². The Labute approximate surface area is 128 Å². The van der Waals surface area contributed by atoms with Crippen LogP contribution in [-0.4, -0.2) is 56.4 Å². The van der Waals surface area contributed by atoms with E-state index < -0.39 is 0 Å². The maximum atomic E-state index is 6.31. The third kappa shape index (κ3) is 2.97. The molecule has 2 heterocycles. The van der Waals surface area contributed by atoms with Gasteiger partial charge in [-0.25, -0.2) is 0 Å². The van der Waals surface area contributed by atoms with Crippen LogP contribution in [0.2, 0.25) is 0 Å². The normalized spacial score (nSPS) is 39.5. The molecule has 0 aromatic carbocycles. The number of rotatable bonds is 4. The predicted molar refractivity (Wildman–Crippen MR) is 82.8 cm³/mol. The predicted octanol–water partition coefficient (Wildman–Crippen LogP) is 1.94. The van der Waals surface area contributed by atoms with Gasteiger partial charge in [-0.2, -0.15) is 0 Å².